The number of aliphatic hydroxyl groups excluding tert-OH is 1. The lowest BCUT2D eigenvalue weighted by Gasteiger charge is -2.35. The molecule has 0 aliphatic carbocycles. The van der Waals surface area contributed by atoms with Crippen LogP contribution in [0.2, 0.25) is 0 Å². The van der Waals surface area contributed by atoms with E-state index in [1.165, 1.54) is 4.90 Å². The molecule has 3 amide bonds. The lowest BCUT2D eigenvalue weighted by atomic mass is 9.97. The van der Waals surface area contributed by atoms with Crippen LogP contribution in [0.25, 0.3) is 0 Å². The second kappa shape index (κ2) is 14.7. The summed E-state index contributed by atoms with van der Waals surface area (Å²) in [7, 11) is 0. The quantitative estimate of drug-likeness (QED) is 0.305. The van der Waals surface area contributed by atoms with Gasteiger partial charge in [0.15, 0.2) is 0 Å². The van der Waals surface area contributed by atoms with Crippen LogP contribution in [0, 0.1) is 20.8 Å². The molecule has 0 fully saturated rings. The molecular formula is C31H45N3O5. The van der Waals surface area contributed by atoms with Gasteiger partial charge in [-0.3, -0.25) is 9.59 Å². The van der Waals surface area contributed by atoms with Crippen molar-refractivity contribution in [1.82, 2.24) is 10.2 Å². The molecular weight excluding hydrogens is 494 g/mol. The number of nitrogens with zero attached hydrogens (tertiary/aromatic N) is 1. The Morgan fingerprint density at radius 1 is 0.923 bits per heavy atom. The van der Waals surface area contributed by atoms with Gasteiger partial charge in [0.25, 0.3) is 5.91 Å². The van der Waals surface area contributed by atoms with E-state index in [4.69, 9.17) is 4.74 Å². The van der Waals surface area contributed by atoms with Crippen molar-refractivity contribution in [3.8, 4) is 0 Å². The summed E-state index contributed by atoms with van der Waals surface area (Å²) in [4.78, 5) is 42.0. The Bertz CT molecular complexity index is 1110. The van der Waals surface area contributed by atoms with Gasteiger partial charge in [-0.25, -0.2) is 4.79 Å². The molecule has 2 aromatic carbocycles. The number of hydrogen-bond acceptors (Lipinski definition) is 5. The predicted molar refractivity (Wildman–Crippen MR) is 155 cm³/mol. The number of alkyl carbamates (subject to hydrolysis) is 1. The molecule has 2 unspecified atom stereocenters. The van der Waals surface area contributed by atoms with Gasteiger partial charge >= 0.3 is 6.09 Å². The van der Waals surface area contributed by atoms with Gasteiger partial charge in [0.1, 0.15) is 17.7 Å². The van der Waals surface area contributed by atoms with Crippen LogP contribution in [0.1, 0.15) is 81.7 Å². The topological polar surface area (TPSA) is 108 Å². The first kappa shape index (κ1) is 31.8. The number of benzene rings is 2. The highest BCUT2D eigenvalue weighted by Crippen LogP contribution is 2.29. The molecule has 39 heavy (non-hydrogen) atoms. The van der Waals surface area contributed by atoms with E-state index in [1.54, 1.807) is 20.8 Å². The number of aliphatic hydroxyl groups is 1. The van der Waals surface area contributed by atoms with E-state index in [2.05, 4.69) is 17.6 Å². The maximum atomic E-state index is 14.0. The van der Waals surface area contributed by atoms with E-state index in [9.17, 15) is 19.5 Å². The van der Waals surface area contributed by atoms with Crippen LogP contribution >= 0.6 is 0 Å². The molecule has 0 aliphatic heterocycles. The lowest BCUT2D eigenvalue weighted by Crippen LogP contribution is -2.54. The van der Waals surface area contributed by atoms with E-state index < -0.39 is 36.3 Å². The van der Waals surface area contributed by atoms with Gasteiger partial charge in [-0.05, 0) is 70.2 Å². The number of carbonyl (C=O) groups is 3. The van der Waals surface area contributed by atoms with Gasteiger partial charge in [-0.2, -0.15) is 0 Å². The van der Waals surface area contributed by atoms with Crippen LogP contribution in [0.15, 0.2) is 42.5 Å². The Morgan fingerprint density at radius 2 is 1.54 bits per heavy atom. The zero-order valence-electron chi connectivity index (χ0n) is 24.5. The van der Waals surface area contributed by atoms with Gasteiger partial charge < -0.3 is 25.4 Å². The maximum Gasteiger partial charge on any atom is 0.408 e. The van der Waals surface area contributed by atoms with Crippen molar-refractivity contribution in [3.05, 3.63) is 64.7 Å². The summed E-state index contributed by atoms with van der Waals surface area (Å²) in [5.74, 6) is -0.913. The highest BCUT2D eigenvalue weighted by molar-refractivity contribution is 6.00. The summed E-state index contributed by atoms with van der Waals surface area (Å²) in [5.41, 5.74) is 3.28. The smallest absolute Gasteiger partial charge is 0.408 e. The number of para-hydroxylation sites is 1. The summed E-state index contributed by atoms with van der Waals surface area (Å²) in [6.45, 7) is 12.6. The van der Waals surface area contributed by atoms with Gasteiger partial charge in [0, 0.05) is 12.2 Å². The van der Waals surface area contributed by atoms with Gasteiger partial charge in [-0.1, -0.05) is 68.7 Å². The standard InChI is InChI=1S/C31H45N3O5/c1-8-9-10-13-19-34(29(37)25(20-35)32-30(38)39-31(5,6)7)27(24-18-12-11-15-21(24)2)28(36)33-26-22(3)16-14-17-23(26)4/h11-12,14-18,25,27,35H,8-10,13,19-20H2,1-7H3,(H,32,38)(H,33,36). The van der Waals surface area contributed by atoms with Crippen molar-refractivity contribution < 1.29 is 24.2 Å². The van der Waals surface area contributed by atoms with Crippen molar-refractivity contribution in [3.63, 3.8) is 0 Å². The number of unbranched alkanes of at least 4 members (excludes halogenated alkanes) is 3. The summed E-state index contributed by atoms with van der Waals surface area (Å²) >= 11 is 0. The minimum absolute atomic E-state index is 0.282. The van der Waals surface area contributed by atoms with Crippen molar-refractivity contribution in [2.45, 2.75) is 91.8 Å². The number of rotatable bonds is 12. The molecule has 2 rings (SSSR count). The van der Waals surface area contributed by atoms with Crippen LogP contribution in [-0.2, 0) is 14.3 Å². The first-order valence-corrected chi connectivity index (χ1v) is 13.7. The van der Waals surface area contributed by atoms with E-state index in [0.29, 0.717) is 17.7 Å². The molecule has 0 aromatic heterocycles. The first-order chi connectivity index (χ1) is 18.4. The Balaban J connectivity index is 2.53. The second-order valence-corrected chi connectivity index (χ2v) is 11.0. The molecule has 8 heteroatoms. The number of ether oxygens (including phenoxy) is 1. The minimum atomic E-state index is -1.27. The van der Waals surface area contributed by atoms with Crippen molar-refractivity contribution in [1.29, 1.82) is 0 Å². The molecule has 2 atom stereocenters. The number of nitrogens with one attached hydrogen (secondary N) is 2. The second-order valence-electron chi connectivity index (χ2n) is 11.0. The van der Waals surface area contributed by atoms with Crippen molar-refractivity contribution in [2.24, 2.45) is 0 Å². The molecule has 214 valence electrons. The van der Waals surface area contributed by atoms with Crippen molar-refractivity contribution in [2.75, 3.05) is 18.5 Å². The average Bonchev–Trinajstić information content (AvgIpc) is 2.86. The fourth-order valence-electron chi connectivity index (χ4n) is 4.46. The third-order valence-electron chi connectivity index (χ3n) is 6.48. The normalized spacial score (nSPS) is 12.8. The fourth-order valence-corrected chi connectivity index (χ4v) is 4.46. The number of amides is 3. The van der Waals surface area contributed by atoms with Crippen LogP contribution in [0.3, 0.4) is 0 Å². The summed E-state index contributed by atoms with van der Waals surface area (Å²) in [6, 6.07) is 11.0. The number of carbonyl (C=O) groups excluding carboxylic acids is 3. The Kier molecular flexibility index (Phi) is 12.0. The molecule has 0 bridgehead atoms. The highest BCUT2D eigenvalue weighted by atomic mass is 16.6. The Labute approximate surface area is 233 Å². The number of anilines is 1. The van der Waals surface area contributed by atoms with E-state index in [-0.39, 0.29) is 12.5 Å². The largest absolute Gasteiger partial charge is 0.444 e. The van der Waals surface area contributed by atoms with Gasteiger partial charge in [0.05, 0.1) is 6.61 Å². The van der Waals surface area contributed by atoms with E-state index in [1.807, 2.05) is 63.2 Å². The SMILES string of the molecule is CCCCCCN(C(=O)C(CO)NC(=O)OC(C)(C)C)C(C(=O)Nc1c(C)cccc1C)c1ccccc1C. The summed E-state index contributed by atoms with van der Waals surface area (Å²) < 4.78 is 5.32. The maximum absolute atomic E-state index is 14.0. The zero-order chi connectivity index (χ0) is 29.2. The Hall–Kier alpha value is -3.39. The van der Waals surface area contributed by atoms with Crippen LogP contribution < -0.4 is 10.6 Å². The first-order valence-electron chi connectivity index (χ1n) is 13.7. The van der Waals surface area contributed by atoms with Crippen LogP contribution in [-0.4, -0.2) is 52.7 Å². The molecule has 0 heterocycles. The summed E-state index contributed by atoms with van der Waals surface area (Å²) in [5, 5.41) is 15.7. The van der Waals surface area contributed by atoms with Gasteiger partial charge in [-0.15, -0.1) is 0 Å². The third kappa shape index (κ3) is 9.39. The lowest BCUT2D eigenvalue weighted by molar-refractivity contribution is -0.141. The molecule has 0 spiro atoms. The average molecular weight is 540 g/mol. The molecule has 0 radical (unpaired) electrons. The zero-order valence-corrected chi connectivity index (χ0v) is 24.5. The van der Waals surface area contributed by atoms with E-state index >= 15 is 0 Å². The monoisotopic (exact) mass is 539 g/mol. The molecule has 0 saturated carbocycles. The highest BCUT2D eigenvalue weighted by Gasteiger charge is 2.36. The molecule has 0 saturated heterocycles. The third-order valence-corrected chi connectivity index (χ3v) is 6.48. The minimum Gasteiger partial charge on any atom is -0.444 e. The molecule has 3 N–H and O–H groups in total. The number of aryl methyl sites for hydroxylation is 3. The van der Waals surface area contributed by atoms with E-state index in [0.717, 1.165) is 36.0 Å². The van der Waals surface area contributed by atoms with Gasteiger partial charge in [0.2, 0.25) is 5.91 Å². The Morgan fingerprint density at radius 3 is 2.10 bits per heavy atom. The van der Waals surface area contributed by atoms with Crippen LogP contribution in [0.4, 0.5) is 10.5 Å². The molecule has 0 aliphatic rings. The molecule has 2 aromatic rings. The fraction of sp³-hybridized carbons (Fsp3) is 0.516. The predicted octanol–water partition coefficient (Wildman–Crippen LogP) is 5.59. The number of hydrogen-bond donors (Lipinski definition) is 3. The summed E-state index contributed by atoms with van der Waals surface area (Å²) in [6.07, 6.45) is 2.74. The van der Waals surface area contributed by atoms with Crippen LogP contribution in [0.5, 0.6) is 0 Å². The van der Waals surface area contributed by atoms with Crippen molar-refractivity contribution >= 4 is 23.6 Å². The molecule has 8 nitrogen and oxygen atoms in total.